The zero-order chi connectivity index (χ0) is 17.9. The standard InChI is InChI=1S/C12H18BBr2N2O.BBr4/c1-16(2)12-10-17(3,13(14,15)18-12)9-11-7-5-4-6-8-11;2-1(3,4)5/h4-8H,9-10H2,1-3H3;/q+1;-1. The lowest BCUT2D eigenvalue weighted by atomic mass is 10.1. The van der Waals surface area contributed by atoms with Crippen LogP contribution in [0.5, 0.6) is 0 Å². The molecule has 0 aromatic heterocycles. The van der Waals surface area contributed by atoms with Crippen molar-refractivity contribution >= 4 is 106 Å². The molecule has 1 aromatic rings. The summed E-state index contributed by atoms with van der Waals surface area (Å²) in [4.78, 5) is 0. The first-order valence-electron chi connectivity index (χ1n) is 6.82. The van der Waals surface area contributed by atoms with E-state index in [4.69, 9.17) is 4.65 Å². The molecule has 0 N–H and O–H groups in total. The van der Waals surface area contributed by atoms with E-state index in [-0.39, 0.29) is 0 Å². The molecule has 1 saturated heterocycles. The normalized spacial score (nSPS) is 22.9. The number of nitrogens with zero attached hydrogens (tertiary/aromatic N) is 2. The third kappa shape index (κ3) is 7.83. The van der Waals surface area contributed by atoms with Crippen LogP contribution in [-0.2, 0) is 11.2 Å². The lowest BCUT2D eigenvalue weighted by molar-refractivity contribution is -0.809. The SMILES string of the molecule is Br[B-](Br)(Br)Br.C[N+](C)=C1C[N+](C)(Cc2ccccc2)[B-](Br)(Br)O1. The highest BCUT2D eigenvalue weighted by molar-refractivity contribution is 9.90. The van der Waals surface area contributed by atoms with Gasteiger partial charge in [-0.15, -0.1) is 0 Å². The molecule has 1 aliphatic rings. The summed E-state index contributed by atoms with van der Waals surface area (Å²) in [6.07, 6.45) is 0. The van der Waals surface area contributed by atoms with Crippen molar-refractivity contribution in [2.45, 2.75) is 6.54 Å². The van der Waals surface area contributed by atoms with Gasteiger partial charge < -0.3 is 72.1 Å². The van der Waals surface area contributed by atoms with Gasteiger partial charge in [0.2, 0.25) is 1.44 Å². The largest absolute Gasteiger partial charge is 0.598 e. The van der Waals surface area contributed by atoms with Crippen molar-refractivity contribution in [1.82, 2.24) is 0 Å². The molecule has 130 valence electrons. The Bertz CT molecular complexity index is 556. The Morgan fingerprint density at radius 2 is 1.61 bits per heavy atom. The van der Waals surface area contributed by atoms with Crippen molar-refractivity contribution in [3.8, 4) is 0 Å². The lowest BCUT2D eigenvalue weighted by Crippen LogP contribution is -2.55. The fraction of sp³-hybridized carbons (Fsp3) is 0.417. The Balaban J connectivity index is 0.000000463. The monoisotopic (exact) mass is 702 g/mol. The van der Waals surface area contributed by atoms with Crippen LogP contribution in [0, 0.1) is 0 Å². The minimum atomic E-state index is -1.26. The van der Waals surface area contributed by atoms with Crippen molar-refractivity contribution in [2.75, 3.05) is 27.7 Å². The summed E-state index contributed by atoms with van der Waals surface area (Å²) in [6, 6.07) is 10.5. The average molecular weight is 707 g/mol. The van der Waals surface area contributed by atoms with Gasteiger partial charge >= 0.3 is 10.0 Å². The maximum atomic E-state index is 6.01. The highest BCUT2D eigenvalue weighted by Gasteiger charge is 2.52. The van der Waals surface area contributed by atoms with Crippen LogP contribution in [-0.4, -0.2) is 48.1 Å². The molecule has 1 fully saturated rings. The van der Waals surface area contributed by atoms with E-state index in [1.807, 2.05) is 24.7 Å². The van der Waals surface area contributed by atoms with E-state index in [0.717, 1.165) is 23.4 Å². The summed E-state index contributed by atoms with van der Waals surface area (Å²) in [6.45, 7) is 1.80. The van der Waals surface area contributed by atoms with E-state index in [2.05, 4.69) is 126 Å². The second-order valence-electron chi connectivity index (χ2n) is 5.74. The average Bonchev–Trinajstić information content (AvgIpc) is 2.59. The molecule has 0 aliphatic carbocycles. The van der Waals surface area contributed by atoms with E-state index in [1.165, 1.54) is 5.56 Å². The second kappa shape index (κ2) is 9.04. The first-order chi connectivity index (χ1) is 10.3. The van der Waals surface area contributed by atoms with Gasteiger partial charge in [-0.05, 0) is 0 Å². The molecule has 1 unspecified atom stereocenters. The summed E-state index contributed by atoms with van der Waals surface area (Å²) in [5.74, 6) is 1.00. The van der Waals surface area contributed by atoms with Crippen molar-refractivity contribution in [3.63, 3.8) is 0 Å². The minimum Gasteiger partial charge on any atom is -0.598 e. The fourth-order valence-corrected chi connectivity index (χ4v) is 3.16. The van der Waals surface area contributed by atoms with Gasteiger partial charge in [-0.25, -0.2) is 36.1 Å². The van der Waals surface area contributed by atoms with Gasteiger partial charge in [0, 0.05) is 12.6 Å². The number of hydrogen-bond acceptors (Lipinski definition) is 1. The molecule has 1 aromatic carbocycles. The molecule has 0 bridgehead atoms. The molecule has 0 amide bonds. The Morgan fingerprint density at radius 3 is 2.00 bits per heavy atom. The maximum absolute atomic E-state index is 6.01. The van der Waals surface area contributed by atoms with Gasteiger partial charge in [-0.3, -0.25) is 0 Å². The van der Waals surface area contributed by atoms with Gasteiger partial charge in [-0.2, -0.15) is 0 Å². The molecule has 2 rings (SSSR count). The first kappa shape index (κ1) is 22.7. The molecule has 0 radical (unpaired) electrons. The number of halogens is 6. The molecule has 23 heavy (non-hydrogen) atoms. The zero-order valence-electron chi connectivity index (χ0n) is 13.0. The predicted molar refractivity (Wildman–Crippen MR) is 124 cm³/mol. The van der Waals surface area contributed by atoms with E-state index >= 15 is 0 Å². The number of benzene rings is 1. The Labute approximate surface area is 187 Å². The zero-order valence-corrected chi connectivity index (χ0v) is 22.5. The Hall–Kier alpha value is 1.66. The predicted octanol–water partition coefficient (Wildman–Crippen LogP) is 5.56. The summed E-state index contributed by atoms with van der Waals surface area (Å²) in [7, 11) is 6.23. The van der Waals surface area contributed by atoms with Crippen LogP contribution in [0.3, 0.4) is 0 Å². The molecule has 1 aliphatic heterocycles. The van der Waals surface area contributed by atoms with Crippen LogP contribution in [0.25, 0.3) is 0 Å². The van der Waals surface area contributed by atoms with Crippen molar-refractivity contribution in [3.05, 3.63) is 35.9 Å². The van der Waals surface area contributed by atoms with Crippen LogP contribution in [0.2, 0.25) is 0 Å². The Morgan fingerprint density at radius 1 is 1.13 bits per heavy atom. The van der Waals surface area contributed by atoms with E-state index < -0.39 is 5.57 Å². The van der Waals surface area contributed by atoms with Gasteiger partial charge in [0.05, 0.1) is 6.54 Å². The van der Waals surface area contributed by atoms with Crippen LogP contribution in [0.4, 0.5) is 0 Å². The maximum Gasteiger partial charge on any atom is 0.513 e. The molecule has 3 nitrogen and oxygen atoms in total. The molecule has 0 spiro atoms. The molecule has 11 heteroatoms. The van der Waals surface area contributed by atoms with Gasteiger partial charge in [-0.1, -0.05) is 30.3 Å². The number of hydrogen-bond donors (Lipinski definition) is 0. The fourth-order valence-electron chi connectivity index (χ4n) is 2.15. The van der Waals surface area contributed by atoms with E-state index in [0.29, 0.717) is 0 Å². The summed E-state index contributed by atoms with van der Waals surface area (Å²) >= 11 is 20.2. The highest BCUT2D eigenvalue weighted by Crippen LogP contribution is 2.39. The molecule has 1 heterocycles. The third-order valence-electron chi connectivity index (χ3n) is 3.39. The van der Waals surface area contributed by atoms with Crippen LogP contribution in [0.1, 0.15) is 5.56 Å². The number of quaternary nitrogens is 1. The van der Waals surface area contributed by atoms with E-state index in [1.54, 1.807) is 0 Å². The third-order valence-corrected chi connectivity index (χ3v) is 5.74. The molecular formula is C12H18B2Br6N2O. The smallest absolute Gasteiger partial charge is 0.513 e. The molecular weight excluding hydrogens is 689 g/mol. The minimum absolute atomic E-state index is 0.750. The van der Waals surface area contributed by atoms with Crippen LogP contribution in [0.15, 0.2) is 30.3 Å². The van der Waals surface area contributed by atoms with Gasteiger partial charge in [0.25, 0.3) is 0 Å². The summed E-state index contributed by atoms with van der Waals surface area (Å²) < 4.78 is 6.81. The summed E-state index contributed by atoms with van der Waals surface area (Å²) in [5.41, 5.74) is 1.31. The quantitative estimate of drug-likeness (QED) is 0.290. The van der Waals surface area contributed by atoms with Crippen molar-refractivity contribution < 1.29 is 13.6 Å². The van der Waals surface area contributed by atoms with Crippen molar-refractivity contribution in [1.29, 1.82) is 0 Å². The topological polar surface area (TPSA) is 12.2 Å². The Kier molecular flexibility index (Phi) is 8.92. The van der Waals surface area contributed by atoms with Gasteiger partial charge in [0.1, 0.15) is 14.1 Å². The second-order valence-corrected chi connectivity index (χ2v) is 22.3. The van der Waals surface area contributed by atoms with Gasteiger partial charge in [0.15, 0.2) is 6.54 Å². The summed E-state index contributed by atoms with van der Waals surface area (Å²) in [5, 5.41) is 0. The number of likely N-dealkylation sites (N-methyl/N-ethyl adjacent to an activating group) is 1. The van der Waals surface area contributed by atoms with Crippen LogP contribution >= 0.6 is 94.5 Å². The highest BCUT2D eigenvalue weighted by atomic mass is 80.0. The van der Waals surface area contributed by atoms with Crippen molar-refractivity contribution in [2.24, 2.45) is 0 Å². The van der Waals surface area contributed by atoms with Crippen LogP contribution < -0.4 is 0 Å². The molecule has 0 saturated carbocycles. The van der Waals surface area contributed by atoms with E-state index in [9.17, 15) is 0 Å². The first-order valence-corrected chi connectivity index (χ1v) is 12.3. The number of rotatable bonds is 2. The molecule has 1 atom stereocenters. The lowest BCUT2D eigenvalue weighted by Gasteiger charge is -2.43.